The summed E-state index contributed by atoms with van der Waals surface area (Å²) in [4.78, 5) is 24.2. The molecule has 1 N–H and O–H groups in total. The first-order valence-corrected chi connectivity index (χ1v) is 4.61. The Hall–Kier alpha value is -1.69. The Morgan fingerprint density at radius 2 is 2.13 bits per heavy atom. The third kappa shape index (κ3) is 1.75. The Morgan fingerprint density at radius 3 is 2.67 bits per heavy atom. The summed E-state index contributed by atoms with van der Waals surface area (Å²) in [5.41, 5.74) is 0.804. The fourth-order valence-corrected chi connectivity index (χ4v) is 1.57. The molecule has 0 spiro atoms. The summed E-state index contributed by atoms with van der Waals surface area (Å²) in [5, 5.41) is 6.43. The first kappa shape index (κ1) is 9.85. The molecule has 6 heteroatoms. The molecule has 2 amide bonds. The van der Waals surface area contributed by atoms with Crippen LogP contribution in [0.3, 0.4) is 0 Å². The average molecular weight is 209 g/mol. The molecule has 0 saturated carbocycles. The second-order valence-electron chi connectivity index (χ2n) is 3.36. The minimum atomic E-state index is -0.306. The summed E-state index contributed by atoms with van der Waals surface area (Å²) in [7, 11) is 0. The van der Waals surface area contributed by atoms with Gasteiger partial charge in [0.05, 0.1) is 12.2 Å². The van der Waals surface area contributed by atoms with E-state index in [0.29, 0.717) is 0 Å². The number of imide groups is 1. The Bertz CT molecular complexity index is 358. The van der Waals surface area contributed by atoms with Gasteiger partial charge in [-0.2, -0.15) is 5.10 Å². The summed E-state index contributed by atoms with van der Waals surface area (Å²) in [6.45, 7) is 1.72. The van der Waals surface area contributed by atoms with Gasteiger partial charge in [0.15, 0.2) is 0 Å². The maximum absolute atomic E-state index is 11.5. The maximum atomic E-state index is 11.5. The zero-order valence-corrected chi connectivity index (χ0v) is 8.27. The van der Waals surface area contributed by atoms with Gasteiger partial charge in [-0.1, -0.05) is 0 Å². The van der Waals surface area contributed by atoms with Crippen LogP contribution < -0.4 is 0 Å². The molecule has 1 aliphatic heterocycles. The van der Waals surface area contributed by atoms with E-state index >= 15 is 0 Å². The van der Waals surface area contributed by atoms with Crippen LogP contribution in [0.4, 0.5) is 0 Å². The quantitative estimate of drug-likeness (QED) is 0.687. The van der Waals surface area contributed by atoms with Gasteiger partial charge >= 0.3 is 0 Å². The predicted molar refractivity (Wildman–Crippen MR) is 49.7 cm³/mol. The number of hydrogen-bond donors (Lipinski definition) is 1. The summed E-state index contributed by atoms with van der Waals surface area (Å²) < 4.78 is 4.83. The second-order valence-corrected chi connectivity index (χ2v) is 3.36. The molecule has 15 heavy (non-hydrogen) atoms. The number of aromatic amines is 1. The molecule has 1 saturated heterocycles. The number of ether oxygens (including phenoxy) is 1. The van der Waals surface area contributed by atoms with Crippen LogP contribution in [0.25, 0.3) is 0 Å². The van der Waals surface area contributed by atoms with Gasteiger partial charge in [0.1, 0.15) is 13.2 Å². The highest BCUT2D eigenvalue weighted by molar-refractivity contribution is 5.98. The van der Waals surface area contributed by atoms with Crippen molar-refractivity contribution in [2.75, 3.05) is 13.2 Å². The van der Waals surface area contributed by atoms with Crippen molar-refractivity contribution in [2.45, 2.75) is 13.0 Å². The highest BCUT2D eigenvalue weighted by atomic mass is 16.5. The van der Waals surface area contributed by atoms with Crippen molar-refractivity contribution in [3.05, 3.63) is 18.0 Å². The number of morpholine rings is 1. The lowest BCUT2D eigenvalue weighted by Crippen LogP contribution is -2.47. The number of carbonyl (C=O) groups excluding carboxylic acids is 2. The van der Waals surface area contributed by atoms with Gasteiger partial charge in [-0.3, -0.25) is 19.6 Å². The maximum Gasteiger partial charge on any atom is 0.255 e. The van der Waals surface area contributed by atoms with Gasteiger partial charge < -0.3 is 4.74 Å². The van der Waals surface area contributed by atoms with Crippen LogP contribution in [0.15, 0.2) is 12.4 Å². The Morgan fingerprint density at radius 1 is 1.47 bits per heavy atom. The van der Waals surface area contributed by atoms with Crippen molar-refractivity contribution in [3.63, 3.8) is 0 Å². The van der Waals surface area contributed by atoms with Gasteiger partial charge in [0, 0.05) is 11.8 Å². The number of carbonyl (C=O) groups is 2. The van der Waals surface area contributed by atoms with Crippen molar-refractivity contribution in [2.24, 2.45) is 0 Å². The summed E-state index contributed by atoms with van der Waals surface area (Å²) in [6, 6.07) is -0.298. The monoisotopic (exact) mass is 209 g/mol. The topological polar surface area (TPSA) is 75.3 Å². The van der Waals surface area contributed by atoms with E-state index in [1.54, 1.807) is 19.3 Å². The molecule has 2 heterocycles. The standard InChI is InChI=1S/C9H11N3O3/c1-6(7-2-10-11-3-7)12-8(13)4-15-5-9(12)14/h2-3,6H,4-5H2,1H3,(H,10,11). The Kier molecular flexibility index (Phi) is 2.51. The van der Waals surface area contributed by atoms with Crippen LogP contribution in [0.2, 0.25) is 0 Å². The molecule has 80 valence electrons. The third-order valence-corrected chi connectivity index (χ3v) is 2.38. The smallest absolute Gasteiger partial charge is 0.255 e. The molecular weight excluding hydrogens is 198 g/mol. The largest absolute Gasteiger partial charge is 0.362 e. The number of H-pyrrole nitrogens is 1. The third-order valence-electron chi connectivity index (χ3n) is 2.38. The van der Waals surface area contributed by atoms with Crippen molar-refractivity contribution < 1.29 is 14.3 Å². The lowest BCUT2D eigenvalue weighted by Gasteiger charge is -2.29. The van der Waals surface area contributed by atoms with E-state index in [1.165, 1.54) is 4.90 Å². The molecule has 0 radical (unpaired) electrons. The van der Waals surface area contributed by atoms with Gasteiger partial charge in [0.2, 0.25) is 0 Å². The molecule has 0 aromatic carbocycles. The van der Waals surface area contributed by atoms with Crippen LogP contribution in [-0.4, -0.2) is 40.1 Å². The molecule has 1 aromatic rings. The lowest BCUT2D eigenvalue weighted by molar-refractivity contribution is -0.161. The summed E-state index contributed by atoms with van der Waals surface area (Å²) in [5.74, 6) is -0.611. The molecule has 1 fully saturated rings. The molecule has 1 aromatic heterocycles. The van der Waals surface area contributed by atoms with Crippen molar-refractivity contribution in [3.8, 4) is 0 Å². The van der Waals surface area contributed by atoms with E-state index < -0.39 is 0 Å². The molecule has 2 rings (SSSR count). The molecule has 1 unspecified atom stereocenters. The van der Waals surface area contributed by atoms with Gasteiger partial charge in [-0.15, -0.1) is 0 Å². The van der Waals surface area contributed by atoms with E-state index in [0.717, 1.165) is 5.56 Å². The van der Waals surface area contributed by atoms with Crippen LogP contribution >= 0.6 is 0 Å². The first-order valence-electron chi connectivity index (χ1n) is 4.61. The number of nitrogens with zero attached hydrogens (tertiary/aromatic N) is 2. The zero-order valence-electron chi connectivity index (χ0n) is 8.27. The lowest BCUT2D eigenvalue weighted by atomic mass is 10.1. The highest BCUT2D eigenvalue weighted by Gasteiger charge is 2.31. The van der Waals surface area contributed by atoms with E-state index in [9.17, 15) is 9.59 Å². The van der Waals surface area contributed by atoms with Crippen LogP contribution in [0.5, 0.6) is 0 Å². The summed E-state index contributed by atoms with van der Waals surface area (Å²) in [6.07, 6.45) is 3.27. The second kappa shape index (κ2) is 3.82. The number of aromatic nitrogens is 2. The van der Waals surface area contributed by atoms with Gasteiger partial charge in [0.25, 0.3) is 11.8 Å². The molecule has 1 aliphatic rings. The number of rotatable bonds is 2. The number of hydrogen-bond acceptors (Lipinski definition) is 4. The molecule has 6 nitrogen and oxygen atoms in total. The summed E-state index contributed by atoms with van der Waals surface area (Å²) >= 11 is 0. The number of nitrogens with one attached hydrogen (secondary N) is 1. The number of amides is 2. The van der Waals surface area contributed by atoms with Gasteiger partial charge in [-0.25, -0.2) is 0 Å². The minimum absolute atomic E-state index is 0.0338. The van der Waals surface area contributed by atoms with Crippen LogP contribution in [0, 0.1) is 0 Å². The van der Waals surface area contributed by atoms with E-state index in [-0.39, 0.29) is 31.1 Å². The Labute approximate surface area is 86.2 Å². The van der Waals surface area contributed by atoms with Crippen molar-refractivity contribution >= 4 is 11.8 Å². The van der Waals surface area contributed by atoms with Crippen molar-refractivity contribution in [1.82, 2.24) is 15.1 Å². The van der Waals surface area contributed by atoms with Crippen LogP contribution in [-0.2, 0) is 14.3 Å². The molecule has 0 bridgehead atoms. The van der Waals surface area contributed by atoms with E-state index in [4.69, 9.17) is 4.74 Å². The van der Waals surface area contributed by atoms with E-state index in [1.807, 2.05) is 0 Å². The average Bonchev–Trinajstić information content (AvgIpc) is 2.69. The predicted octanol–water partition coefficient (Wildman–Crippen LogP) is -0.144. The highest BCUT2D eigenvalue weighted by Crippen LogP contribution is 2.20. The first-order chi connectivity index (χ1) is 7.20. The fourth-order valence-electron chi connectivity index (χ4n) is 1.57. The molecular formula is C9H11N3O3. The zero-order chi connectivity index (χ0) is 10.8. The normalized spacial score (nSPS) is 19.4. The molecule has 0 aliphatic carbocycles. The van der Waals surface area contributed by atoms with Gasteiger partial charge in [-0.05, 0) is 6.92 Å². The Balaban J connectivity index is 2.21. The van der Waals surface area contributed by atoms with E-state index in [2.05, 4.69) is 10.2 Å². The minimum Gasteiger partial charge on any atom is -0.362 e. The fraction of sp³-hybridized carbons (Fsp3) is 0.444. The van der Waals surface area contributed by atoms with Crippen LogP contribution in [0.1, 0.15) is 18.5 Å². The SMILES string of the molecule is CC(c1cn[nH]c1)N1C(=O)COCC1=O. The van der Waals surface area contributed by atoms with Crippen molar-refractivity contribution in [1.29, 1.82) is 0 Å². The molecule has 1 atom stereocenters.